The standard InChI is InChI=1S/C18H27BrN2O3/c1-18(2,3)24-17(22)21-8-6-13(7-9-21)12-23-16-5-4-15(19)10-14(16)11-20/h4-5,10,13H,6-9,11-12,20H2,1-3H3. The second-order valence-electron chi connectivity index (χ2n) is 7.18. The minimum atomic E-state index is -0.447. The molecular formula is C18H27BrN2O3. The van der Waals surface area contributed by atoms with E-state index < -0.39 is 5.60 Å². The molecule has 0 atom stereocenters. The van der Waals surface area contributed by atoms with Crippen molar-refractivity contribution in [3.63, 3.8) is 0 Å². The Hall–Kier alpha value is -1.27. The zero-order valence-electron chi connectivity index (χ0n) is 14.7. The van der Waals surface area contributed by atoms with Gasteiger partial charge in [-0.25, -0.2) is 4.79 Å². The highest BCUT2D eigenvalue weighted by Gasteiger charge is 2.27. The third-order valence-electron chi connectivity index (χ3n) is 3.98. The Kier molecular flexibility index (Phi) is 6.52. The van der Waals surface area contributed by atoms with E-state index >= 15 is 0 Å². The number of rotatable bonds is 4. The van der Waals surface area contributed by atoms with Gasteiger partial charge in [0, 0.05) is 29.7 Å². The summed E-state index contributed by atoms with van der Waals surface area (Å²) in [5.74, 6) is 1.29. The molecule has 1 aliphatic heterocycles. The summed E-state index contributed by atoms with van der Waals surface area (Å²) in [5.41, 5.74) is 6.32. The maximum absolute atomic E-state index is 12.1. The van der Waals surface area contributed by atoms with Crippen molar-refractivity contribution in [2.75, 3.05) is 19.7 Å². The van der Waals surface area contributed by atoms with Crippen LogP contribution in [-0.4, -0.2) is 36.3 Å². The first-order valence-corrected chi connectivity index (χ1v) is 9.17. The lowest BCUT2D eigenvalue weighted by atomic mass is 9.98. The van der Waals surface area contributed by atoms with Crippen molar-refractivity contribution in [1.82, 2.24) is 4.90 Å². The van der Waals surface area contributed by atoms with Crippen LogP contribution in [0.5, 0.6) is 5.75 Å². The second kappa shape index (κ2) is 8.21. The molecule has 0 aliphatic carbocycles. The van der Waals surface area contributed by atoms with E-state index in [4.69, 9.17) is 15.2 Å². The molecular weight excluding hydrogens is 372 g/mol. The number of carbonyl (C=O) groups is 1. The lowest BCUT2D eigenvalue weighted by Crippen LogP contribution is -2.42. The van der Waals surface area contributed by atoms with Gasteiger partial charge in [0.25, 0.3) is 0 Å². The highest BCUT2D eigenvalue weighted by atomic mass is 79.9. The van der Waals surface area contributed by atoms with Gasteiger partial charge >= 0.3 is 6.09 Å². The highest BCUT2D eigenvalue weighted by molar-refractivity contribution is 9.10. The smallest absolute Gasteiger partial charge is 0.410 e. The monoisotopic (exact) mass is 398 g/mol. The Morgan fingerprint density at radius 3 is 2.58 bits per heavy atom. The molecule has 1 aromatic rings. The van der Waals surface area contributed by atoms with Crippen LogP contribution in [0.15, 0.2) is 22.7 Å². The number of halogens is 1. The van der Waals surface area contributed by atoms with E-state index in [9.17, 15) is 4.79 Å². The van der Waals surface area contributed by atoms with E-state index in [0.29, 0.717) is 32.2 Å². The molecule has 1 aromatic carbocycles. The molecule has 5 nitrogen and oxygen atoms in total. The molecule has 0 spiro atoms. The number of carbonyl (C=O) groups excluding carboxylic acids is 1. The number of piperidine rings is 1. The second-order valence-corrected chi connectivity index (χ2v) is 8.09. The number of ether oxygens (including phenoxy) is 2. The minimum Gasteiger partial charge on any atom is -0.493 e. The fourth-order valence-electron chi connectivity index (χ4n) is 2.66. The van der Waals surface area contributed by atoms with E-state index in [-0.39, 0.29) is 6.09 Å². The Bertz CT molecular complexity index is 564. The van der Waals surface area contributed by atoms with Crippen LogP contribution in [0.1, 0.15) is 39.2 Å². The summed E-state index contributed by atoms with van der Waals surface area (Å²) in [6.45, 7) is 8.19. The van der Waals surface area contributed by atoms with E-state index in [1.807, 2.05) is 39.0 Å². The predicted molar refractivity (Wildman–Crippen MR) is 98.1 cm³/mol. The topological polar surface area (TPSA) is 64.8 Å². The number of hydrogen-bond donors (Lipinski definition) is 1. The van der Waals surface area contributed by atoms with Crippen LogP contribution >= 0.6 is 15.9 Å². The number of amides is 1. The molecule has 24 heavy (non-hydrogen) atoms. The molecule has 6 heteroatoms. The van der Waals surface area contributed by atoms with Crippen molar-refractivity contribution in [2.24, 2.45) is 11.7 Å². The largest absolute Gasteiger partial charge is 0.493 e. The van der Waals surface area contributed by atoms with Gasteiger partial charge < -0.3 is 20.1 Å². The molecule has 2 rings (SSSR count). The number of benzene rings is 1. The third-order valence-corrected chi connectivity index (χ3v) is 4.48. The molecule has 0 unspecified atom stereocenters. The Morgan fingerprint density at radius 1 is 1.33 bits per heavy atom. The van der Waals surface area contributed by atoms with Gasteiger partial charge in [-0.3, -0.25) is 0 Å². The molecule has 134 valence electrons. The fourth-order valence-corrected chi connectivity index (χ4v) is 3.07. The molecule has 2 N–H and O–H groups in total. The van der Waals surface area contributed by atoms with Crippen molar-refractivity contribution >= 4 is 22.0 Å². The van der Waals surface area contributed by atoms with E-state index in [1.54, 1.807) is 4.90 Å². The summed E-state index contributed by atoms with van der Waals surface area (Å²) in [5, 5.41) is 0. The highest BCUT2D eigenvalue weighted by Crippen LogP contribution is 2.25. The average molecular weight is 399 g/mol. The molecule has 1 amide bonds. The van der Waals surface area contributed by atoms with Gasteiger partial charge in [-0.15, -0.1) is 0 Å². The number of likely N-dealkylation sites (tertiary alicyclic amines) is 1. The molecule has 0 saturated carbocycles. The predicted octanol–water partition coefficient (Wildman–Crippen LogP) is 3.93. The van der Waals surface area contributed by atoms with E-state index in [2.05, 4.69) is 15.9 Å². The summed E-state index contributed by atoms with van der Waals surface area (Å²) in [6.07, 6.45) is 1.63. The van der Waals surface area contributed by atoms with Crippen LogP contribution in [0.25, 0.3) is 0 Å². The van der Waals surface area contributed by atoms with Crippen LogP contribution in [0.4, 0.5) is 4.79 Å². The maximum atomic E-state index is 12.1. The van der Waals surface area contributed by atoms with Gasteiger partial charge in [0.15, 0.2) is 0 Å². The SMILES string of the molecule is CC(C)(C)OC(=O)N1CCC(COc2ccc(Br)cc2CN)CC1. The van der Waals surface area contributed by atoms with Gasteiger partial charge in [-0.2, -0.15) is 0 Å². The first-order chi connectivity index (χ1) is 11.3. The summed E-state index contributed by atoms with van der Waals surface area (Å²) >= 11 is 3.45. The fraction of sp³-hybridized carbons (Fsp3) is 0.611. The molecule has 1 fully saturated rings. The molecule has 1 saturated heterocycles. The van der Waals surface area contributed by atoms with Crippen molar-refractivity contribution in [3.05, 3.63) is 28.2 Å². The number of nitrogens with zero attached hydrogens (tertiary/aromatic N) is 1. The van der Waals surface area contributed by atoms with Gasteiger partial charge in [0.05, 0.1) is 6.61 Å². The molecule has 1 aliphatic rings. The van der Waals surface area contributed by atoms with Crippen LogP contribution in [0.3, 0.4) is 0 Å². The average Bonchev–Trinajstić information content (AvgIpc) is 2.52. The van der Waals surface area contributed by atoms with E-state index in [1.165, 1.54) is 0 Å². The maximum Gasteiger partial charge on any atom is 0.410 e. The third kappa shape index (κ3) is 5.67. The quantitative estimate of drug-likeness (QED) is 0.833. The van der Waals surface area contributed by atoms with Crippen molar-refractivity contribution in [3.8, 4) is 5.75 Å². The molecule has 0 aromatic heterocycles. The summed E-state index contributed by atoms with van der Waals surface area (Å²) in [7, 11) is 0. The van der Waals surface area contributed by atoms with Crippen molar-refractivity contribution in [2.45, 2.75) is 45.8 Å². The van der Waals surface area contributed by atoms with Crippen LogP contribution < -0.4 is 10.5 Å². The lowest BCUT2D eigenvalue weighted by molar-refractivity contribution is 0.0165. The van der Waals surface area contributed by atoms with Gasteiger partial charge in [-0.1, -0.05) is 15.9 Å². The number of nitrogens with two attached hydrogens (primary N) is 1. The summed E-state index contributed by atoms with van der Waals surface area (Å²) in [6, 6.07) is 5.89. The molecule has 1 heterocycles. The van der Waals surface area contributed by atoms with Gasteiger partial charge in [-0.05, 0) is 57.7 Å². The Morgan fingerprint density at radius 2 is 2.00 bits per heavy atom. The van der Waals surface area contributed by atoms with Crippen molar-refractivity contribution < 1.29 is 14.3 Å². The zero-order chi connectivity index (χ0) is 17.7. The Labute approximate surface area is 152 Å². The first-order valence-electron chi connectivity index (χ1n) is 8.37. The molecule has 0 bridgehead atoms. The zero-order valence-corrected chi connectivity index (χ0v) is 16.3. The number of hydrogen-bond acceptors (Lipinski definition) is 4. The summed E-state index contributed by atoms with van der Waals surface area (Å²) < 4.78 is 12.4. The van der Waals surface area contributed by atoms with Crippen LogP contribution in [0.2, 0.25) is 0 Å². The van der Waals surface area contributed by atoms with Crippen LogP contribution in [0, 0.1) is 5.92 Å². The normalized spacial score (nSPS) is 16.1. The Balaban J connectivity index is 1.80. The minimum absolute atomic E-state index is 0.222. The first kappa shape index (κ1) is 19.1. The van der Waals surface area contributed by atoms with Gasteiger partial charge in [0.2, 0.25) is 0 Å². The van der Waals surface area contributed by atoms with E-state index in [0.717, 1.165) is 28.6 Å². The molecule has 0 radical (unpaired) electrons. The summed E-state index contributed by atoms with van der Waals surface area (Å²) in [4.78, 5) is 13.9. The van der Waals surface area contributed by atoms with Gasteiger partial charge in [0.1, 0.15) is 11.4 Å². The van der Waals surface area contributed by atoms with Crippen LogP contribution in [-0.2, 0) is 11.3 Å². The lowest BCUT2D eigenvalue weighted by Gasteiger charge is -2.33. The van der Waals surface area contributed by atoms with Crippen molar-refractivity contribution in [1.29, 1.82) is 0 Å².